The first-order chi connectivity index (χ1) is 8.10. The van der Waals surface area contributed by atoms with Gasteiger partial charge >= 0.3 is 0 Å². The maximum atomic E-state index is 12.0. The van der Waals surface area contributed by atoms with Gasteiger partial charge in [0.05, 0.1) is 11.7 Å². The van der Waals surface area contributed by atoms with Crippen molar-refractivity contribution in [3.05, 3.63) is 33.8 Å². The SMILES string of the molecule is COC1CC(NC(=O)c2ccc(C)cc2Br)C1. The van der Waals surface area contributed by atoms with Gasteiger partial charge in [-0.3, -0.25) is 4.79 Å². The molecule has 1 aliphatic carbocycles. The maximum absolute atomic E-state index is 12.0. The molecule has 0 aromatic heterocycles. The van der Waals surface area contributed by atoms with Crippen molar-refractivity contribution in [2.75, 3.05) is 7.11 Å². The Morgan fingerprint density at radius 3 is 2.76 bits per heavy atom. The molecule has 0 spiro atoms. The molecule has 1 aromatic rings. The van der Waals surface area contributed by atoms with Crippen molar-refractivity contribution in [2.45, 2.75) is 31.9 Å². The average Bonchev–Trinajstić information content (AvgIpc) is 2.22. The highest BCUT2D eigenvalue weighted by Crippen LogP contribution is 2.24. The van der Waals surface area contributed by atoms with Gasteiger partial charge in [-0.2, -0.15) is 0 Å². The van der Waals surface area contributed by atoms with Crippen molar-refractivity contribution in [2.24, 2.45) is 0 Å². The van der Waals surface area contributed by atoms with E-state index in [1.54, 1.807) is 7.11 Å². The quantitative estimate of drug-likeness (QED) is 0.931. The predicted molar refractivity (Wildman–Crippen MR) is 70.2 cm³/mol. The monoisotopic (exact) mass is 297 g/mol. The van der Waals surface area contributed by atoms with E-state index in [4.69, 9.17) is 4.74 Å². The molecule has 0 bridgehead atoms. The molecule has 2 rings (SSSR count). The minimum atomic E-state index is -0.0172. The smallest absolute Gasteiger partial charge is 0.252 e. The fourth-order valence-corrected chi connectivity index (χ4v) is 2.62. The standard InChI is InChI=1S/C13H16BrNO2/c1-8-3-4-11(12(14)5-8)13(16)15-9-6-10(7-9)17-2/h3-5,9-10H,6-7H2,1-2H3,(H,15,16). The van der Waals surface area contributed by atoms with E-state index in [9.17, 15) is 4.79 Å². The van der Waals surface area contributed by atoms with Crippen LogP contribution in [-0.4, -0.2) is 25.2 Å². The zero-order valence-electron chi connectivity index (χ0n) is 10.00. The van der Waals surface area contributed by atoms with E-state index >= 15 is 0 Å². The van der Waals surface area contributed by atoms with Crippen molar-refractivity contribution >= 4 is 21.8 Å². The molecule has 1 amide bonds. The van der Waals surface area contributed by atoms with Crippen LogP contribution in [0, 0.1) is 6.92 Å². The van der Waals surface area contributed by atoms with Crippen LogP contribution in [0.4, 0.5) is 0 Å². The molecule has 1 saturated carbocycles. The predicted octanol–water partition coefficient (Wildman–Crippen LogP) is 2.66. The molecule has 0 unspecified atom stereocenters. The lowest BCUT2D eigenvalue weighted by molar-refractivity contribution is 0.0176. The third-order valence-corrected chi connectivity index (χ3v) is 3.79. The Morgan fingerprint density at radius 2 is 2.18 bits per heavy atom. The van der Waals surface area contributed by atoms with Crippen LogP contribution in [0.3, 0.4) is 0 Å². The first-order valence-corrected chi connectivity index (χ1v) is 6.49. The molecule has 1 N–H and O–H groups in total. The van der Waals surface area contributed by atoms with Gasteiger partial charge in [-0.05, 0) is 53.4 Å². The Kier molecular flexibility index (Phi) is 3.84. The summed E-state index contributed by atoms with van der Waals surface area (Å²) in [6.07, 6.45) is 2.12. The second-order valence-corrected chi connectivity index (χ2v) is 5.34. The number of rotatable bonds is 3. The summed E-state index contributed by atoms with van der Waals surface area (Å²) in [5.74, 6) is -0.0172. The first-order valence-electron chi connectivity index (χ1n) is 5.70. The highest BCUT2D eigenvalue weighted by Gasteiger charge is 2.30. The molecule has 4 heteroatoms. The molecule has 0 aliphatic heterocycles. The number of methoxy groups -OCH3 is 1. The first kappa shape index (κ1) is 12.6. The zero-order valence-corrected chi connectivity index (χ0v) is 11.6. The van der Waals surface area contributed by atoms with E-state index in [1.807, 2.05) is 25.1 Å². The van der Waals surface area contributed by atoms with E-state index in [0.717, 1.165) is 22.9 Å². The number of amides is 1. The minimum Gasteiger partial charge on any atom is -0.381 e. The van der Waals surface area contributed by atoms with E-state index in [0.29, 0.717) is 11.7 Å². The van der Waals surface area contributed by atoms with Gasteiger partial charge < -0.3 is 10.1 Å². The number of hydrogen-bond acceptors (Lipinski definition) is 2. The third kappa shape index (κ3) is 2.87. The van der Waals surface area contributed by atoms with Gasteiger partial charge in [-0.15, -0.1) is 0 Å². The van der Waals surface area contributed by atoms with Gasteiger partial charge in [0.15, 0.2) is 0 Å². The molecule has 1 aliphatic rings. The van der Waals surface area contributed by atoms with Crippen molar-refractivity contribution in [1.82, 2.24) is 5.32 Å². The van der Waals surface area contributed by atoms with Crippen LogP contribution in [0.5, 0.6) is 0 Å². The summed E-state index contributed by atoms with van der Waals surface area (Å²) in [7, 11) is 1.71. The lowest BCUT2D eigenvalue weighted by Crippen LogP contribution is -2.47. The Labute approximate surface area is 110 Å². The van der Waals surface area contributed by atoms with Gasteiger partial charge in [-0.25, -0.2) is 0 Å². The number of carbonyl (C=O) groups excluding carboxylic acids is 1. The van der Waals surface area contributed by atoms with E-state index in [1.165, 1.54) is 0 Å². The maximum Gasteiger partial charge on any atom is 0.252 e. The van der Waals surface area contributed by atoms with Crippen LogP contribution in [0.2, 0.25) is 0 Å². The van der Waals surface area contributed by atoms with Gasteiger partial charge in [-0.1, -0.05) is 6.07 Å². The van der Waals surface area contributed by atoms with Gasteiger partial charge in [0.2, 0.25) is 0 Å². The van der Waals surface area contributed by atoms with E-state index in [2.05, 4.69) is 21.2 Å². The third-order valence-electron chi connectivity index (χ3n) is 3.13. The minimum absolute atomic E-state index is 0.0172. The van der Waals surface area contributed by atoms with Crippen LogP contribution in [-0.2, 0) is 4.74 Å². The summed E-state index contributed by atoms with van der Waals surface area (Å²) < 4.78 is 6.03. The number of hydrogen-bond donors (Lipinski definition) is 1. The Hall–Kier alpha value is -0.870. The molecule has 0 atom stereocenters. The average molecular weight is 298 g/mol. The van der Waals surface area contributed by atoms with Gasteiger partial charge in [0.25, 0.3) is 5.91 Å². The Balaban J connectivity index is 1.96. The summed E-state index contributed by atoms with van der Waals surface area (Å²) in [6, 6.07) is 5.99. The number of nitrogens with one attached hydrogen (secondary N) is 1. The summed E-state index contributed by atoms with van der Waals surface area (Å²) in [5.41, 5.74) is 1.83. The number of carbonyl (C=O) groups is 1. The highest BCUT2D eigenvalue weighted by molar-refractivity contribution is 9.10. The summed E-state index contributed by atoms with van der Waals surface area (Å²) in [5, 5.41) is 3.01. The van der Waals surface area contributed by atoms with Crippen molar-refractivity contribution in [3.8, 4) is 0 Å². The van der Waals surface area contributed by atoms with Crippen molar-refractivity contribution in [3.63, 3.8) is 0 Å². The van der Waals surface area contributed by atoms with Gasteiger partial charge in [0, 0.05) is 17.6 Å². The summed E-state index contributed by atoms with van der Waals surface area (Å²) in [6.45, 7) is 2.00. The van der Waals surface area contributed by atoms with Crippen molar-refractivity contribution < 1.29 is 9.53 Å². The zero-order chi connectivity index (χ0) is 12.4. The Bertz CT molecular complexity index is 427. The fraction of sp³-hybridized carbons (Fsp3) is 0.462. The van der Waals surface area contributed by atoms with Crippen LogP contribution in [0.1, 0.15) is 28.8 Å². The van der Waals surface area contributed by atoms with Crippen LogP contribution >= 0.6 is 15.9 Å². The topological polar surface area (TPSA) is 38.3 Å². The van der Waals surface area contributed by atoms with E-state index < -0.39 is 0 Å². The molecule has 1 fully saturated rings. The number of ether oxygens (including phenoxy) is 1. The molecule has 0 radical (unpaired) electrons. The lowest BCUT2D eigenvalue weighted by atomic mass is 9.89. The molecular formula is C13H16BrNO2. The normalized spacial score (nSPS) is 23.0. The molecular weight excluding hydrogens is 282 g/mol. The fourth-order valence-electron chi connectivity index (χ4n) is 1.94. The molecule has 0 saturated heterocycles. The molecule has 17 heavy (non-hydrogen) atoms. The van der Waals surface area contributed by atoms with Crippen LogP contribution < -0.4 is 5.32 Å². The largest absolute Gasteiger partial charge is 0.381 e. The molecule has 1 aromatic carbocycles. The van der Waals surface area contributed by atoms with Crippen molar-refractivity contribution in [1.29, 1.82) is 0 Å². The summed E-state index contributed by atoms with van der Waals surface area (Å²) in [4.78, 5) is 12.0. The highest BCUT2D eigenvalue weighted by atomic mass is 79.9. The summed E-state index contributed by atoms with van der Waals surface area (Å²) >= 11 is 3.42. The van der Waals surface area contributed by atoms with Crippen LogP contribution in [0.15, 0.2) is 22.7 Å². The number of aryl methyl sites for hydroxylation is 1. The number of benzene rings is 1. The number of halogens is 1. The molecule has 3 nitrogen and oxygen atoms in total. The second-order valence-electron chi connectivity index (χ2n) is 4.48. The van der Waals surface area contributed by atoms with Crippen LogP contribution in [0.25, 0.3) is 0 Å². The van der Waals surface area contributed by atoms with Gasteiger partial charge in [0.1, 0.15) is 0 Å². The second kappa shape index (κ2) is 5.19. The molecule has 92 valence electrons. The van der Waals surface area contributed by atoms with E-state index in [-0.39, 0.29) is 11.9 Å². The molecule has 0 heterocycles. The Morgan fingerprint density at radius 1 is 1.47 bits per heavy atom. The lowest BCUT2D eigenvalue weighted by Gasteiger charge is -2.34.